The second kappa shape index (κ2) is 7.54. The van der Waals surface area contributed by atoms with Crippen LogP contribution in [0.15, 0.2) is 23.8 Å². The first-order chi connectivity index (χ1) is 14.8. The maximum Gasteiger partial charge on any atom is 0.490 e. The summed E-state index contributed by atoms with van der Waals surface area (Å²) in [6, 6.07) is 0. The molecule has 0 aliphatic heterocycles. The Labute approximate surface area is 185 Å². The van der Waals surface area contributed by atoms with Crippen molar-refractivity contribution in [3.63, 3.8) is 0 Å². The van der Waals surface area contributed by atoms with Crippen LogP contribution < -0.4 is 0 Å². The Morgan fingerprint density at radius 2 is 1.97 bits per heavy atom. The van der Waals surface area contributed by atoms with Crippen molar-refractivity contribution in [2.75, 3.05) is 6.61 Å². The third-order valence-corrected chi connectivity index (χ3v) is 8.76. The van der Waals surface area contributed by atoms with Gasteiger partial charge >= 0.3 is 12.1 Å². The van der Waals surface area contributed by atoms with Crippen molar-refractivity contribution in [1.29, 1.82) is 0 Å². The Kier molecular flexibility index (Phi) is 5.47. The Balaban J connectivity index is 1.59. The van der Waals surface area contributed by atoms with E-state index in [0.717, 1.165) is 24.8 Å². The van der Waals surface area contributed by atoms with Crippen LogP contribution in [0.25, 0.3) is 0 Å². The number of fused-ring (bicyclic) bond motifs is 5. The molecule has 8 heteroatoms. The quantitative estimate of drug-likeness (QED) is 0.656. The van der Waals surface area contributed by atoms with E-state index in [-0.39, 0.29) is 29.5 Å². The number of halogens is 3. The van der Waals surface area contributed by atoms with Gasteiger partial charge in [0.15, 0.2) is 18.2 Å². The topological polar surface area (TPSA) is 80.7 Å². The molecule has 4 aliphatic rings. The number of aliphatic hydroxyl groups excluding tert-OH is 1. The molecule has 4 rings (SSSR count). The summed E-state index contributed by atoms with van der Waals surface area (Å²) in [4.78, 5) is 35.9. The predicted molar refractivity (Wildman–Crippen MR) is 108 cm³/mol. The number of carbonyl (C=O) groups is 3. The molecule has 0 amide bonds. The fourth-order valence-electron chi connectivity index (χ4n) is 7.69. The minimum absolute atomic E-state index is 0.0420. The van der Waals surface area contributed by atoms with Crippen molar-refractivity contribution < 1.29 is 37.4 Å². The molecule has 5 unspecified atom stereocenters. The van der Waals surface area contributed by atoms with Gasteiger partial charge in [-0.1, -0.05) is 32.4 Å². The van der Waals surface area contributed by atoms with Crippen LogP contribution in [0.4, 0.5) is 13.2 Å². The lowest BCUT2D eigenvalue weighted by atomic mass is 9.46. The highest BCUT2D eigenvalue weighted by atomic mass is 19.4. The number of ether oxygens (including phenoxy) is 1. The first-order valence-electron chi connectivity index (χ1n) is 11.2. The van der Waals surface area contributed by atoms with Crippen LogP contribution in [0.1, 0.15) is 46.5 Å². The van der Waals surface area contributed by atoms with Crippen LogP contribution in [0, 0.1) is 40.4 Å². The number of rotatable bonds is 3. The van der Waals surface area contributed by atoms with Crippen LogP contribution in [-0.2, 0) is 19.1 Å². The Bertz CT molecular complexity index is 906. The summed E-state index contributed by atoms with van der Waals surface area (Å²) in [5.74, 6) is -3.45. The molecule has 0 heterocycles. The first kappa shape index (κ1) is 23.2. The van der Waals surface area contributed by atoms with Crippen molar-refractivity contribution >= 4 is 17.5 Å². The van der Waals surface area contributed by atoms with Gasteiger partial charge in [-0.15, -0.1) is 0 Å². The maximum atomic E-state index is 13.0. The van der Waals surface area contributed by atoms with E-state index in [1.165, 1.54) is 0 Å². The van der Waals surface area contributed by atoms with Crippen molar-refractivity contribution in [1.82, 2.24) is 0 Å². The highest BCUT2D eigenvalue weighted by molar-refractivity contribution is 6.01. The monoisotopic (exact) mass is 454 g/mol. The zero-order chi connectivity index (χ0) is 23.6. The van der Waals surface area contributed by atoms with Crippen LogP contribution >= 0.6 is 0 Å². The molecule has 0 radical (unpaired) electrons. The average Bonchev–Trinajstić information content (AvgIpc) is 2.95. The number of carbonyl (C=O) groups excluding carboxylic acids is 3. The second-order valence-electron chi connectivity index (χ2n) is 10.5. The van der Waals surface area contributed by atoms with Gasteiger partial charge in [0.05, 0.1) is 6.10 Å². The summed E-state index contributed by atoms with van der Waals surface area (Å²) >= 11 is 0. The molecule has 3 saturated carbocycles. The Morgan fingerprint density at radius 1 is 1.28 bits per heavy atom. The Hall–Kier alpha value is -1.96. The van der Waals surface area contributed by atoms with Gasteiger partial charge in [-0.2, -0.15) is 13.2 Å². The molecule has 8 atom stereocenters. The summed E-state index contributed by atoms with van der Waals surface area (Å²) in [6.45, 7) is 5.01. The van der Waals surface area contributed by atoms with Gasteiger partial charge in [-0.05, 0) is 61.0 Å². The van der Waals surface area contributed by atoms with Crippen LogP contribution in [-0.4, -0.2) is 41.5 Å². The normalized spacial score (nSPS) is 43.1. The van der Waals surface area contributed by atoms with Gasteiger partial charge in [-0.25, -0.2) is 4.79 Å². The molecule has 0 saturated heterocycles. The molecule has 0 aromatic carbocycles. The summed E-state index contributed by atoms with van der Waals surface area (Å²) < 4.78 is 41.7. The molecule has 32 heavy (non-hydrogen) atoms. The van der Waals surface area contributed by atoms with E-state index in [4.69, 9.17) is 0 Å². The van der Waals surface area contributed by atoms with Gasteiger partial charge in [-0.3, -0.25) is 9.59 Å². The van der Waals surface area contributed by atoms with Crippen molar-refractivity contribution in [3.8, 4) is 0 Å². The van der Waals surface area contributed by atoms with E-state index in [1.807, 2.05) is 19.9 Å². The lowest BCUT2D eigenvalue weighted by Crippen LogP contribution is -2.56. The van der Waals surface area contributed by atoms with Gasteiger partial charge in [0.2, 0.25) is 0 Å². The smallest absolute Gasteiger partial charge is 0.451 e. The third kappa shape index (κ3) is 3.45. The summed E-state index contributed by atoms with van der Waals surface area (Å²) in [7, 11) is 0. The molecule has 4 aliphatic carbocycles. The molecule has 5 nitrogen and oxygen atoms in total. The van der Waals surface area contributed by atoms with Crippen molar-refractivity contribution in [3.05, 3.63) is 23.8 Å². The standard InChI is InChI=1S/C24H29F3O5/c1-12-8-16-15-5-4-13-9-14(28)6-7-22(13,2)20(15)17(29)10-23(16,3)19(12)18(30)11-32-21(31)24(25,26)27/h6-7,9,12,15-17,19-20,29H,4-5,8,10-11H2,1-3H3/t12-,15?,16?,17?,19?,20?,22+,23+/m1/s1. The molecule has 3 fully saturated rings. The molecule has 1 N–H and O–H groups in total. The SMILES string of the molecule is C[C@@H]1CC2C3CCC4=CC(=O)C=C[C@]4(C)C3C(O)C[C@]2(C)C1C(=O)COC(=O)C(F)(F)F. The van der Waals surface area contributed by atoms with Gasteiger partial charge in [0.1, 0.15) is 0 Å². The number of allylic oxidation sites excluding steroid dienone is 4. The first-order valence-corrected chi connectivity index (χ1v) is 11.2. The van der Waals surface area contributed by atoms with Crippen LogP contribution in [0.2, 0.25) is 0 Å². The highest BCUT2D eigenvalue weighted by Gasteiger charge is 2.64. The van der Waals surface area contributed by atoms with Gasteiger partial charge < -0.3 is 9.84 Å². The van der Waals surface area contributed by atoms with E-state index in [1.54, 1.807) is 12.2 Å². The summed E-state index contributed by atoms with van der Waals surface area (Å²) in [6.07, 6.45) is 1.89. The maximum absolute atomic E-state index is 13.0. The number of aliphatic hydroxyl groups is 1. The minimum Gasteiger partial charge on any atom is -0.451 e. The van der Waals surface area contributed by atoms with Crippen LogP contribution in [0.5, 0.6) is 0 Å². The zero-order valence-electron chi connectivity index (χ0n) is 18.4. The number of esters is 1. The van der Waals surface area contributed by atoms with E-state index >= 15 is 0 Å². The third-order valence-electron chi connectivity index (χ3n) is 8.76. The lowest BCUT2D eigenvalue weighted by molar-refractivity contribution is -0.200. The molecule has 176 valence electrons. The molecular weight excluding hydrogens is 425 g/mol. The molecule has 0 aromatic rings. The fraction of sp³-hybridized carbons (Fsp3) is 0.708. The molecule has 0 aromatic heterocycles. The number of ketones is 2. The largest absolute Gasteiger partial charge is 0.490 e. The minimum atomic E-state index is -5.14. The summed E-state index contributed by atoms with van der Waals surface area (Å²) in [5.41, 5.74) is 0.0187. The number of alkyl halides is 3. The van der Waals surface area contributed by atoms with E-state index in [2.05, 4.69) is 11.7 Å². The summed E-state index contributed by atoms with van der Waals surface area (Å²) in [5, 5.41) is 11.3. The lowest BCUT2D eigenvalue weighted by Gasteiger charge is -2.58. The highest BCUT2D eigenvalue weighted by Crippen LogP contribution is 2.67. The molecule has 0 spiro atoms. The molecule has 0 bridgehead atoms. The van der Waals surface area contributed by atoms with Crippen molar-refractivity contribution in [2.45, 2.75) is 58.7 Å². The predicted octanol–water partition coefficient (Wildman–Crippen LogP) is 3.80. The molecular formula is C24H29F3O5. The van der Waals surface area contributed by atoms with Gasteiger partial charge in [0.25, 0.3) is 0 Å². The fourth-order valence-corrected chi connectivity index (χ4v) is 7.69. The Morgan fingerprint density at radius 3 is 2.62 bits per heavy atom. The number of hydrogen-bond acceptors (Lipinski definition) is 5. The number of Topliss-reactive ketones (excluding diaryl/α,β-unsaturated/α-hetero) is 1. The second-order valence-corrected chi connectivity index (χ2v) is 10.5. The zero-order valence-corrected chi connectivity index (χ0v) is 18.4. The van der Waals surface area contributed by atoms with E-state index in [0.29, 0.717) is 6.42 Å². The van der Waals surface area contributed by atoms with Gasteiger partial charge in [0, 0.05) is 17.3 Å². The number of hydrogen-bond donors (Lipinski definition) is 1. The van der Waals surface area contributed by atoms with E-state index in [9.17, 15) is 32.7 Å². The average molecular weight is 454 g/mol. The van der Waals surface area contributed by atoms with Crippen molar-refractivity contribution in [2.24, 2.45) is 40.4 Å². The van der Waals surface area contributed by atoms with Crippen LogP contribution in [0.3, 0.4) is 0 Å². The van der Waals surface area contributed by atoms with E-state index < -0.39 is 47.4 Å².